The molecule has 0 radical (unpaired) electrons. The SMILES string of the molecule is O=C(CCSc1nnc(Cc2cccs2)n1C1CCCCC1)NC(=O)NC1CCCC1. The summed E-state index contributed by atoms with van der Waals surface area (Å²) in [5, 5.41) is 17.3. The molecule has 2 saturated carbocycles. The molecule has 0 spiro atoms. The van der Waals surface area contributed by atoms with E-state index in [0.29, 0.717) is 11.8 Å². The molecule has 31 heavy (non-hydrogen) atoms. The maximum atomic E-state index is 12.2. The zero-order valence-electron chi connectivity index (χ0n) is 17.8. The van der Waals surface area contributed by atoms with E-state index in [1.807, 2.05) is 0 Å². The van der Waals surface area contributed by atoms with Crippen LogP contribution >= 0.6 is 23.1 Å². The van der Waals surface area contributed by atoms with Gasteiger partial charge >= 0.3 is 6.03 Å². The number of carbonyl (C=O) groups excluding carboxylic acids is 2. The number of carbonyl (C=O) groups is 2. The number of thiophene rings is 1. The summed E-state index contributed by atoms with van der Waals surface area (Å²) in [6.45, 7) is 0. The van der Waals surface area contributed by atoms with Gasteiger partial charge in [-0.3, -0.25) is 10.1 Å². The van der Waals surface area contributed by atoms with Crippen molar-refractivity contribution in [1.29, 1.82) is 0 Å². The highest BCUT2D eigenvalue weighted by atomic mass is 32.2. The van der Waals surface area contributed by atoms with Gasteiger partial charge in [0, 0.05) is 35.6 Å². The average molecular weight is 462 g/mol. The Bertz CT molecular complexity index is 855. The Morgan fingerprint density at radius 2 is 1.87 bits per heavy atom. The minimum atomic E-state index is -0.370. The van der Waals surface area contributed by atoms with Gasteiger partial charge < -0.3 is 9.88 Å². The van der Waals surface area contributed by atoms with Gasteiger partial charge in [-0.25, -0.2) is 4.79 Å². The van der Waals surface area contributed by atoms with Crippen molar-refractivity contribution in [3.63, 3.8) is 0 Å². The summed E-state index contributed by atoms with van der Waals surface area (Å²) in [6, 6.07) is 4.48. The Labute approximate surface area is 191 Å². The molecule has 0 saturated heterocycles. The molecule has 0 unspecified atom stereocenters. The van der Waals surface area contributed by atoms with Crippen LogP contribution in [0.3, 0.4) is 0 Å². The average Bonchev–Trinajstić information content (AvgIpc) is 3.52. The molecule has 9 heteroatoms. The van der Waals surface area contributed by atoms with E-state index in [0.717, 1.165) is 55.9 Å². The Kier molecular flexibility index (Phi) is 8.02. The summed E-state index contributed by atoms with van der Waals surface area (Å²) in [4.78, 5) is 25.5. The first-order valence-electron chi connectivity index (χ1n) is 11.4. The van der Waals surface area contributed by atoms with Crippen molar-refractivity contribution in [3.8, 4) is 0 Å². The number of thioether (sulfide) groups is 1. The van der Waals surface area contributed by atoms with E-state index in [9.17, 15) is 9.59 Å². The lowest BCUT2D eigenvalue weighted by Gasteiger charge is -2.25. The fraction of sp³-hybridized carbons (Fsp3) is 0.636. The van der Waals surface area contributed by atoms with Crippen molar-refractivity contribution in [1.82, 2.24) is 25.4 Å². The van der Waals surface area contributed by atoms with Crippen LogP contribution in [0.1, 0.15) is 81.0 Å². The third-order valence-corrected chi connectivity index (χ3v) is 7.91. The maximum absolute atomic E-state index is 12.2. The van der Waals surface area contributed by atoms with Crippen LogP contribution < -0.4 is 10.6 Å². The van der Waals surface area contributed by atoms with Crippen LogP contribution in [0.4, 0.5) is 4.79 Å². The lowest BCUT2D eigenvalue weighted by molar-refractivity contribution is -0.119. The van der Waals surface area contributed by atoms with Gasteiger partial charge in [0.25, 0.3) is 0 Å². The fourth-order valence-corrected chi connectivity index (χ4v) is 6.18. The molecule has 2 fully saturated rings. The highest BCUT2D eigenvalue weighted by molar-refractivity contribution is 7.99. The Balaban J connectivity index is 1.32. The van der Waals surface area contributed by atoms with Crippen LogP contribution in [-0.4, -0.2) is 38.5 Å². The number of rotatable bonds is 8. The minimum Gasteiger partial charge on any atom is -0.335 e. The molecule has 168 valence electrons. The quantitative estimate of drug-likeness (QED) is 0.557. The maximum Gasteiger partial charge on any atom is 0.321 e. The molecule has 2 heterocycles. The number of nitrogens with zero attached hydrogens (tertiary/aromatic N) is 3. The first-order chi connectivity index (χ1) is 15.2. The van der Waals surface area contributed by atoms with Crippen molar-refractivity contribution in [2.45, 2.75) is 87.9 Å². The second-order valence-electron chi connectivity index (χ2n) is 8.42. The zero-order valence-corrected chi connectivity index (χ0v) is 19.5. The standard InChI is InChI=1S/C22H31N5O2S2/c28-20(24-21(29)23-16-7-4-5-8-16)12-14-31-22-26-25-19(15-18-11-6-13-30-18)27(22)17-9-2-1-3-10-17/h6,11,13,16-17H,1-5,7-10,12,14-15H2,(H2,23,24,28,29). The predicted molar refractivity (Wildman–Crippen MR) is 124 cm³/mol. The van der Waals surface area contributed by atoms with E-state index in [-0.39, 0.29) is 24.4 Å². The first kappa shape index (κ1) is 22.3. The number of hydrogen-bond acceptors (Lipinski definition) is 6. The number of hydrogen-bond donors (Lipinski definition) is 2. The molecule has 0 bridgehead atoms. The molecule has 3 amide bonds. The zero-order chi connectivity index (χ0) is 21.5. The van der Waals surface area contributed by atoms with Crippen LogP contribution in [0.25, 0.3) is 0 Å². The van der Waals surface area contributed by atoms with Crippen LogP contribution in [0.2, 0.25) is 0 Å². The molecule has 4 rings (SSSR count). The third kappa shape index (κ3) is 6.32. The highest BCUT2D eigenvalue weighted by Crippen LogP contribution is 2.33. The largest absolute Gasteiger partial charge is 0.335 e. The van der Waals surface area contributed by atoms with Crippen LogP contribution in [-0.2, 0) is 11.2 Å². The van der Waals surface area contributed by atoms with Crippen molar-refractivity contribution < 1.29 is 9.59 Å². The molecule has 2 aliphatic carbocycles. The highest BCUT2D eigenvalue weighted by Gasteiger charge is 2.24. The number of nitrogens with one attached hydrogen (secondary N) is 2. The molecule has 2 aliphatic rings. The topological polar surface area (TPSA) is 88.9 Å². The van der Waals surface area contributed by atoms with E-state index in [1.165, 1.54) is 24.1 Å². The molecular formula is C22H31N5O2S2. The normalized spacial score (nSPS) is 17.7. The van der Waals surface area contributed by atoms with Crippen molar-refractivity contribution >= 4 is 35.0 Å². The molecule has 0 aliphatic heterocycles. The molecule has 2 aromatic heterocycles. The minimum absolute atomic E-state index is 0.206. The van der Waals surface area contributed by atoms with E-state index >= 15 is 0 Å². The third-order valence-electron chi connectivity index (χ3n) is 6.09. The number of aromatic nitrogens is 3. The lowest BCUT2D eigenvalue weighted by Crippen LogP contribution is -2.43. The molecule has 7 nitrogen and oxygen atoms in total. The summed E-state index contributed by atoms with van der Waals surface area (Å²) >= 11 is 3.30. The molecular weight excluding hydrogens is 430 g/mol. The second kappa shape index (κ2) is 11.1. The van der Waals surface area contributed by atoms with Gasteiger partial charge in [-0.2, -0.15) is 0 Å². The van der Waals surface area contributed by atoms with Gasteiger partial charge in [0.1, 0.15) is 5.82 Å². The molecule has 0 aromatic carbocycles. The molecule has 2 aromatic rings. The Morgan fingerprint density at radius 3 is 2.61 bits per heavy atom. The van der Waals surface area contributed by atoms with E-state index < -0.39 is 0 Å². The summed E-state index contributed by atoms with van der Waals surface area (Å²) in [7, 11) is 0. The lowest BCUT2D eigenvalue weighted by atomic mass is 9.95. The van der Waals surface area contributed by atoms with E-state index in [4.69, 9.17) is 0 Å². The predicted octanol–water partition coefficient (Wildman–Crippen LogP) is 4.69. The summed E-state index contributed by atoms with van der Waals surface area (Å²) in [5.74, 6) is 1.34. The second-order valence-corrected chi connectivity index (χ2v) is 10.5. The van der Waals surface area contributed by atoms with Gasteiger partial charge in [0.15, 0.2) is 5.16 Å². The van der Waals surface area contributed by atoms with Crippen LogP contribution in [0.5, 0.6) is 0 Å². The smallest absolute Gasteiger partial charge is 0.321 e. The molecule has 2 N–H and O–H groups in total. The summed E-state index contributed by atoms with van der Waals surface area (Å²) in [6.07, 6.45) is 11.5. The number of amides is 3. The van der Waals surface area contributed by atoms with Crippen molar-refractivity contribution in [3.05, 3.63) is 28.2 Å². The summed E-state index contributed by atoms with van der Waals surface area (Å²) < 4.78 is 2.31. The van der Waals surface area contributed by atoms with Gasteiger partial charge in [-0.05, 0) is 37.1 Å². The first-order valence-corrected chi connectivity index (χ1v) is 13.2. The van der Waals surface area contributed by atoms with Gasteiger partial charge in [0.05, 0.1) is 0 Å². The van der Waals surface area contributed by atoms with Crippen LogP contribution in [0.15, 0.2) is 22.7 Å². The van der Waals surface area contributed by atoms with Crippen LogP contribution in [0, 0.1) is 0 Å². The van der Waals surface area contributed by atoms with Crippen molar-refractivity contribution in [2.75, 3.05) is 5.75 Å². The number of imide groups is 1. The van der Waals surface area contributed by atoms with E-state index in [2.05, 4.69) is 42.9 Å². The van der Waals surface area contributed by atoms with Gasteiger partial charge in [-0.1, -0.05) is 49.9 Å². The van der Waals surface area contributed by atoms with Gasteiger partial charge in [-0.15, -0.1) is 21.5 Å². The summed E-state index contributed by atoms with van der Waals surface area (Å²) in [5.41, 5.74) is 0. The fourth-order valence-electron chi connectivity index (χ4n) is 4.52. The van der Waals surface area contributed by atoms with E-state index in [1.54, 1.807) is 23.1 Å². The monoisotopic (exact) mass is 461 g/mol. The van der Waals surface area contributed by atoms with Gasteiger partial charge in [0.2, 0.25) is 5.91 Å². The molecule has 0 atom stereocenters. The number of urea groups is 1. The Morgan fingerprint density at radius 1 is 1.10 bits per heavy atom. The Hall–Kier alpha value is -1.87. The van der Waals surface area contributed by atoms with Crippen molar-refractivity contribution in [2.24, 2.45) is 0 Å².